The van der Waals surface area contributed by atoms with E-state index in [1.54, 1.807) is 13.0 Å². The Balaban J connectivity index is 2.25. The van der Waals surface area contributed by atoms with Crippen LogP contribution in [0.2, 0.25) is 5.28 Å². The summed E-state index contributed by atoms with van der Waals surface area (Å²) in [5, 5.41) is 2.48. The number of carbonyl (C=O) groups excluding carboxylic acids is 1. The van der Waals surface area contributed by atoms with Gasteiger partial charge in [0.1, 0.15) is 11.4 Å². The molecule has 0 bridgehead atoms. The van der Waals surface area contributed by atoms with Gasteiger partial charge in [-0.05, 0) is 36.7 Å². The molecule has 0 fully saturated rings. The Kier molecular flexibility index (Phi) is 3.38. The molecule has 2 rings (SSSR count). The Hall–Kier alpha value is -2.21. The highest BCUT2D eigenvalue weighted by Gasteiger charge is 2.11. The topological polar surface area (TPSA) is 87.7 Å². The van der Waals surface area contributed by atoms with Gasteiger partial charge in [-0.3, -0.25) is 9.59 Å². The third-order valence-electron chi connectivity index (χ3n) is 2.17. The van der Waals surface area contributed by atoms with Gasteiger partial charge in [0.05, 0.1) is 0 Å². The van der Waals surface area contributed by atoms with Crippen molar-refractivity contribution in [1.29, 1.82) is 0 Å². The van der Waals surface area contributed by atoms with Crippen LogP contribution < -0.4 is 10.9 Å². The quantitative estimate of drug-likeness (QED) is 0.802. The molecular formula is C11H9ClN4O2. The highest BCUT2D eigenvalue weighted by Crippen LogP contribution is 2.07. The number of amides is 1. The highest BCUT2D eigenvalue weighted by molar-refractivity contribution is 6.28. The standard InChI is InChI=1S/C11H9ClN4O2/c1-6-2-3-7(9(17)14-6)10(18)15-8-4-5-13-11(12)16-8/h2-5H,1H3,(H,14,17)(H,13,15,16,18). The second-order valence-corrected chi connectivity index (χ2v) is 3.89. The third-order valence-corrected chi connectivity index (χ3v) is 2.35. The molecular weight excluding hydrogens is 256 g/mol. The smallest absolute Gasteiger partial charge is 0.262 e. The molecule has 0 unspecified atom stereocenters. The van der Waals surface area contributed by atoms with Gasteiger partial charge in [0, 0.05) is 11.9 Å². The summed E-state index contributed by atoms with van der Waals surface area (Å²) in [5.74, 6) is -0.314. The molecule has 18 heavy (non-hydrogen) atoms. The summed E-state index contributed by atoms with van der Waals surface area (Å²) in [6.45, 7) is 1.73. The minimum absolute atomic E-state index is 0.00957. The summed E-state index contributed by atoms with van der Waals surface area (Å²) < 4.78 is 0. The molecule has 2 aromatic heterocycles. The number of hydrogen-bond acceptors (Lipinski definition) is 4. The van der Waals surface area contributed by atoms with Crippen molar-refractivity contribution in [1.82, 2.24) is 15.0 Å². The molecule has 6 nitrogen and oxygen atoms in total. The molecule has 92 valence electrons. The maximum atomic E-state index is 11.8. The average molecular weight is 265 g/mol. The number of aromatic amines is 1. The van der Waals surface area contributed by atoms with Crippen LogP contribution in [0.3, 0.4) is 0 Å². The molecule has 2 heterocycles. The lowest BCUT2D eigenvalue weighted by atomic mass is 10.2. The number of nitrogens with zero attached hydrogens (tertiary/aromatic N) is 2. The van der Waals surface area contributed by atoms with Crippen molar-refractivity contribution >= 4 is 23.3 Å². The molecule has 0 saturated heterocycles. The van der Waals surface area contributed by atoms with Crippen LogP contribution in [0.25, 0.3) is 0 Å². The minimum Gasteiger partial charge on any atom is -0.326 e. The van der Waals surface area contributed by atoms with E-state index in [1.807, 2.05) is 0 Å². The van der Waals surface area contributed by atoms with Gasteiger partial charge in [-0.2, -0.15) is 0 Å². The first-order valence-electron chi connectivity index (χ1n) is 5.06. The monoisotopic (exact) mass is 264 g/mol. The van der Waals surface area contributed by atoms with Gasteiger partial charge in [0.2, 0.25) is 5.28 Å². The molecule has 2 aromatic rings. The van der Waals surface area contributed by atoms with Crippen molar-refractivity contribution < 1.29 is 4.79 Å². The van der Waals surface area contributed by atoms with Crippen LogP contribution in [0.4, 0.5) is 5.82 Å². The third kappa shape index (κ3) is 2.72. The zero-order chi connectivity index (χ0) is 13.1. The summed E-state index contributed by atoms with van der Waals surface area (Å²) in [6, 6.07) is 4.57. The molecule has 7 heteroatoms. The zero-order valence-corrected chi connectivity index (χ0v) is 10.2. The summed E-state index contributed by atoms with van der Waals surface area (Å²) in [5.41, 5.74) is 0.240. The molecule has 0 aliphatic rings. The first kappa shape index (κ1) is 12.3. The van der Waals surface area contributed by atoms with Crippen LogP contribution in [-0.4, -0.2) is 20.9 Å². The number of hydrogen-bond donors (Lipinski definition) is 2. The molecule has 0 aromatic carbocycles. The van der Waals surface area contributed by atoms with Gasteiger partial charge >= 0.3 is 0 Å². The fraction of sp³-hybridized carbons (Fsp3) is 0.0909. The highest BCUT2D eigenvalue weighted by atomic mass is 35.5. The zero-order valence-electron chi connectivity index (χ0n) is 9.40. The van der Waals surface area contributed by atoms with Crippen molar-refractivity contribution in [3.63, 3.8) is 0 Å². The van der Waals surface area contributed by atoms with Crippen LogP contribution in [0.5, 0.6) is 0 Å². The predicted octanol–water partition coefficient (Wildman–Crippen LogP) is 1.38. The van der Waals surface area contributed by atoms with Gasteiger partial charge in [-0.1, -0.05) is 0 Å². The molecule has 0 atom stereocenters. The maximum absolute atomic E-state index is 11.8. The number of aryl methyl sites for hydroxylation is 1. The van der Waals surface area contributed by atoms with Crippen LogP contribution in [0.1, 0.15) is 16.1 Å². The largest absolute Gasteiger partial charge is 0.326 e. The normalized spacial score (nSPS) is 10.1. The number of carbonyl (C=O) groups is 1. The van der Waals surface area contributed by atoms with Crippen LogP contribution >= 0.6 is 11.6 Å². The van der Waals surface area contributed by atoms with Crippen LogP contribution in [-0.2, 0) is 0 Å². The van der Waals surface area contributed by atoms with E-state index in [0.29, 0.717) is 5.69 Å². The molecule has 0 aliphatic carbocycles. The lowest BCUT2D eigenvalue weighted by Crippen LogP contribution is -2.23. The summed E-state index contributed by atoms with van der Waals surface area (Å²) in [7, 11) is 0. The van der Waals surface area contributed by atoms with E-state index in [1.165, 1.54) is 18.3 Å². The van der Waals surface area contributed by atoms with Crippen molar-refractivity contribution in [3.05, 3.63) is 51.3 Å². The first-order chi connectivity index (χ1) is 8.56. The van der Waals surface area contributed by atoms with E-state index < -0.39 is 11.5 Å². The lowest BCUT2D eigenvalue weighted by Gasteiger charge is -2.03. The summed E-state index contributed by atoms with van der Waals surface area (Å²) >= 11 is 5.58. The molecule has 0 radical (unpaired) electrons. The maximum Gasteiger partial charge on any atom is 0.262 e. The number of anilines is 1. The van der Waals surface area contributed by atoms with Gasteiger partial charge in [0.15, 0.2) is 0 Å². The summed E-state index contributed by atoms with van der Waals surface area (Å²) in [6.07, 6.45) is 1.41. The van der Waals surface area contributed by atoms with Gasteiger partial charge < -0.3 is 10.3 Å². The predicted molar refractivity (Wildman–Crippen MR) is 66.8 cm³/mol. The Morgan fingerprint density at radius 1 is 1.39 bits per heavy atom. The number of pyridine rings is 1. The van der Waals surface area contributed by atoms with Crippen LogP contribution in [0, 0.1) is 6.92 Å². The lowest BCUT2D eigenvalue weighted by molar-refractivity contribution is 0.102. The van der Waals surface area contributed by atoms with Crippen molar-refractivity contribution in [2.45, 2.75) is 6.92 Å². The number of nitrogens with one attached hydrogen (secondary N) is 2. The number of halogens is 1. The first-order valence-corrected chi connectivity index (χ1v) is 5.44. The molecule has 0 aliphatic heterocycles. The van der Waals surface area contributed by atoms with E-state index in [4.69, 9.17) is 11.6 Å². The van der Waals surface area contributed by atoms with E-state index in [9.17, 15) is 9.59 Å². The Bertz CT molecular complexity index is 653. The van der Waals surface area contributed by atoms with Crippen molar-refractivity contribution in [2.24, 2.45) is 0 Å². The van der Waals surface area contributed by atoms with Crippen LogP contribution in [0.15, 0.2) is 29.2 Å². The Morgan fingerprint density at radius 3 is 2.83 bits per heavy atom. The molecule has 0 spiro atoms. The number of aromatic nitrogens is 3. The SMILES string of the molecule is Cc1ccc(C(=O)Nc2ccnc(Cl)n2)c(=O)[nH]1. The average Bonchev–Trinajstić information content (AvgIpc) is 2.28. The fourth-order valence-electron chi connectivity index (χ4n) is 1.34. The molecule has 1 amide bonds. The van der Waals surface area contributed by atoms with E-state index in [0.717, 1.165) is 0 Å². The van der Waals surface area contributed by atoms with Crippen molar-refractivity contribution in [3.8, 4) is 0 Å². The Morgan fingerprint density at radius 2 is 2.17 bits per heavy atom. The molecule has 0 saturated carbocycles. The number of H-pyrrole nitrogens is 1. The van der Waals surface area contributed by atoms with E-state index in [-0.39, 0.29) is 16.7 Å². The summed E-state index contributed by atoms with van der Waals surface area (Å²) in [4.78, 5) is 33.4. The molecule has 2 N–H and O–H groups in total. The Labute approximate surface area is 107 Å². The van der Waals surface area contributed by atoms with Crippen molar-refractivity contribution in [2.75, 3.05) is 5.32 Å². The fourth-order valence-corrected chi connectivity index (χ4v) is 1.49. The minimum atomic E-state index is -0.550. The second kappa shape index (κ2) is 4.97. The van der Waals surface area contributed by atoms with Gasteiger partial charge in [-0.25, -0.2) is 9.97 Å². The van der Waals surface area contributed by atoms with Gasteiger partial charge in [-0.15, -0.1) is 0 Å². The van der Waals surface area contributed by atoms with E-state index >= 15 is 0 Å². The van der Waals surface area contributed by atoms with Gasteiger partial charge in [0.25, 0.3) is 11.5 Å². The number of rotatable bonds is 2. The van der Waals surface area contributed by atoms with E-state index in [2.05, 4.69) is 20.3 Å². The second-order valence-electron chi connectivity index (χ2n) is 3.55.